The lowest BCUT2D eigenvalue weighted by atomic mass is 10.0. The highest BCUT2D eigenvalue weighted by Crippen LogP contribution is 2.11. The fourth-order valence-electron chi connectivity index (χ4n) is 1.62. The number of carbonyl (C=O) groups is 1. The van der Waals surface area contributed by atoms with Gasteiger partial charge >= 0.3 is 0 Å². The number of hydrogen-bond donors (Lipinski definition) is 2. The third-order valence-electron chi connectivity index (χ3n) is 2.85. The summed E-state index contributed by atoms with van der Waals surface area (Å²) in [5.41, 5.74) is 0. The molecule has 1 aromatic rings. The van der Waals surface area contributed by atoms with E-state index in [4.69, 9.17) is 4.74 Å². The van der Waals surface area contributed by atoms with Crippen molar-refractivity contribution < 1.29 is 13.9 Å². The number of ether oxygens (including phenoxy) is 1. The zero-order valence-corrected chi connectivity index (χ0v) is 10.1. The van der Waals surface area contributed by atoms with E-state index in [1.54, 1.807) is 12.1 Å². The number of halogens is 1. The number of amides is 1. The molecule has 1 aliphatic heterocycles. The summed E-state index contributed by atoms with van der Waals surface area (Å²) < 4.78 is 18.0. The van der Waals surface area contributed by atoms with Gasteiger partial charge in [0.1, 0.15) is 11.6 Å². The van der Waals surface area contributed by atoms with E-state index < -0.39 is 0 Å². The van der Waals surface area contributed by atoms with Crippen molar-refractivity contribution in [3.63, 3.8) is 0 Å². The highest BCUT2D eigenvalue weighted by Gasteiger charge is 2.23. The van der Waals surface area contributed by atoms with Crippen LogP contribution in [0.5, 0.6) is 5.75 Å². The van der Waals surface area contributed by atoms with Crippen molar-refractivity contribution in [1.82, 2.24) is 10.6 Å². The molecular weight excluding hydrogens is 235 g/mol. The number of benzene rings is 1. The summed E-state index contributed by atoms with van der Waals surface area (Å²) in [5.74, 6) is 0.605. The van der Waals surface area contributed by atoms with Crippen LogP contribution in [-0.2, 0) is 4.79 Å². The molecular formula is C13H17FN2O2. The van der Waals surface area contributed by atoms with E-state index in [9.17, 15) is 9.18 Å². The van der Waals surface area contributed by atoms with Crippen molar-refractivity contribution in [2.75, 3.05) is 26.2 Å². The first-order valence-electron chi connectivity index (χ1n) is 6.12. The maximum atomic E-state index is 12.6. The second-order valence-electron chi connectivity index (χ2n) is 4.30. The smallest absolute Gasteiger partial charge is 0.225 e. The van der Waals surface area contributed by atoms with Gasteiger partial charge in [-0.25, -0.2) is 4.39 Å². The molecule has 1 amide bonds. The van der Waals surface area contributed by atoms with Gasteiger partial charge in [0.15, 0.2) is 0 Å². The van der Waals surface area contributed by atoms with Gasteiger partial charge in [-0.05, 0) is 30.7 Å². The van der Waals surface area contributed by atoms with E-state index in [1.807, 2.05) is 0 Å². The van der Waals surface area contributed by atoms with Crippen LogP contribution in [-0.4, -0.2) is 32.1 Å². The van der Waals surface area contributed by atoms with Crippen LogP contribution in [0.4, 0.5) is 4.39 Å². The van der Waals surface area contributed by atoms with Gasteiger partial charge in [0.2, 0.25) is 5.91 Å². The molecule has 2 N–H and O–H groups in total. The molecule has 2 rings (SSSR count). The average Bonchev–Trinajstić information content (AvgIpc) is 2.29. The largest absolute Gasteiger partial charge is 0.494 e. The lowest BCUT2D eigenvalue weighted by Crippen LogP contribution is -2.50. The Balaban J connectivity index is 1.55. The predicted octanol–water partition coefficient (Wildman–Crippen LogP) is 0.930. The van der Waals surface area contributed by atoms with E-state index in [0.717, 1.165) is 19.5 Å². The van der Waals surface area contributed by atoms with Gasteiger partial charge in [0.05, 0.1) is 12.5 Å². The lowest BCUT2D eigenvalue weighted by molar-refractivity contribution is -0.126. The molecule has 1 heterocycles. The Labute approximate surface area is 106 Å². The van der Waals surface area contributed by atoms with Crippen LogP contribution < -0.4 is 15.4 Å². The van der Waals surface area contributed by atoms with Gasteiger partial charge in [0.25, 0.3) is 0 Å². The lowest BCUT2D eigenvalue weighted by Gasteiger charge is -2.25. The molecule has 0 saturated carbocycles. The van der Waals surface area contributed by atoms with Gasteiger partial charge in [0, 0.05) is 19.6 Å². The average molecular weight is 252 g/mol. The second-order valence-corrected chi connectivity index (χ2v) is 4.30. The van der Waals surface area contributed by atoms with E-state index in [1.165, 1.54) is 12.1 Å². The topological polar surface area (TPSA) is 50.4 Å². The fraction of sp³-hybridized carbons (Fsp3) is 0.462. The van der Waals surface area contributed by atoms with E-state index in [0.29, 0.717) is 18.9 Å². The molecule has 0 atom stereocenters. The van der Waals surface area contributed by atoms with Crippen LogP contribution in [0.1, 0.15) is 6.42 Å². The van der Waals surface area contributed by atoms with Crippen molar-refractivity contribution in [3.05, 3.63) is 30.1 Å². The monoisotopic (exact) mass is 252 g/mol. The summed E-state index contributed by atoms with van der Waals surface area (Å²) in [6, 6.07) is 5.91. The Hall–Kier alpha value is -1.62. The molecule has 0 spiro atoms. The van der Waals surface area contributed by atoms with Gasteiger partial charge in [-0.1, -0.05) is 0 Å². The Morgan fingerprint density at radius 3 is 2.72 bits per heavy atom. The quantitative estimate of drug-likeness (QED) is 0.741. The predicted molar refractivity (Wildman–Crippen MR) is 65.9 cm³/mol. The zero-order valence-electron chi connectivity index (χ0n) is 10.1. The van der Waals surface area contributed by atoms with Crippen LogP contribution in [0.2, 0.25) is 0 Å². The van der Waals surface area contributed by atoms with Crippen LogP contribution >= 0.6 is 0 Å². The Morgan fingerprint density at radius 2 is 2.11 bits per heavy atom. The summed E-state index contributed by atoms with van der Waals surface area (Å²) in [4.78, 5) is 11.5. The normalized spacial score (nSPS) is 14.9. The third-order valence-corrected chi connectivity index (χ3v) is 2.85. The molecule has 4 nitrogen and oxygen atoms in total. The Kier molecular flexibility index (Phi) is 4.52. The van der Waals surface area contributed by atoms with Crippen molar-refractivity contribution in [1.29, 1.82) is 0 Å². The second kappa shape index (κ2) is 6.35. The van der Waals surface area contributed by atoms with Gasteiger partial charge in [-0.15, -0.1) is 0 Å². The van der Waals surface area contributed by atoms with Gasteiger partial charge in [-0.2, -0.15) is 0 Å². The maximum Gasteiger partial charge on any atom is 0.225 e. The minimum absolute atomic E-state index is 0.107. The molecule has 1 aromatic carbocycles. The van der Waals surface area contributed by atoms with Crippen LogP contribution in [0.25, 0.3) is 0 Å². The summed E-state index contributed by atoms with van der Waals surface area (Å²) in [6.07, 6.45) is 0.739. The molecule has 1 fully saturated rings. The molecule has 5 heteroatoms. The minimum atomic E-state index is -0.274. The van der Waals surface area contributed by atoms with Crippen molar-refractivity contribution in [2.24, 2.45) is 5.92 Å². The van der Waals surface area contributed by atoms with Gasteiger partial charge in [-0.3, -0.25) is 4.79 Å². The molecule has 18 heavy (non-hydrogen) atoms. The highest BCUT2D eigenvalue weighted by atomic mass is 19.1. The Bertz CT molecular complexity index is 390. The van der Waals surface area contributed by atoms with Crippen LogP contribution in [0.15, 0.2) is 24.3 Å². The number of hydrogen-bond acceptors (Lipinski definition) is 3. The van der Waals surface area contributed by atoms with Crippen molar-refractivity contribution >= 4 is 5.91 Å². The van der Waals surface area contributed by atoms with Crippen molar-refractivity contribution in [2.45, 2.75) is 6.42 Å². The molecule has 1 saturated heterocycles. The number of nitrogens with one attached hydrogen (secondary N) is 2. The number of rotatable bonds is 6. The summed E-state index contributed by atoms with van der Waals surface area (Å²) in [7, 11) is 0. The molecule has 0 unspecified atom stereocenters. The fourth-order valence-corrected chi connectivity index (χ4v) is 1.62. The summed E-state index contributed by atoms with van der Waals surface area (Å²) >= 11 is 0. The van der Waals surface area contributed by atoms with Crippen LogP contribution in [0, 0.1) is 11.7 Å². The maximum absolute atomic E-state index is 12.6. The van der Waals surface area contributed by atoms with E-state index in [2.05, 4.69) is 10.6 Å². The summed E-state index contributed by atoms with van der Waals surface area (Å²) in [6.45, 7) is 2.67. The SMILES string of the molecule is O=C(NCCCOc1ccc(F)cc1)C1CNC1. The third kappa shape index (κ3) is 3.70. The first kappa shape index (κ1) is 12.8. The van der Waals surface area contributed by atoms with E-state index >= 15 is 0 Å². The number of carbonyl (C=O) groups excluding carboxylic acids is 1. The van der Waals surface area contributed by atoms with Crippen LogP contribution in [0.3, 0.4) is 0 Å². The molecule has 0 bridgehead atoms. The molecule has 1 aliphatic rings. The molecule has 98 valence electrons. The first-order chi connectivity index (χ1) is 8.75. The molecule has 0 radical (unpaired) electrons. The van der Waals surface area contributed by atoms with Crippen molar-refractivity contribution in [3.8, 4) is 5.75 Å². The van der Waals surface area contributed by atoms with Gasteiger partial charge < -0.3 is 15.4 Å². The first-order valence-corrected chi connectivity index (χ1v) is 6.12. The molecule has 0 aromatic heterocycles. The standard InChI is InChI=1S/C13H17FN2O2/c14-11-2-4-12(5-3-11)18-7-1-6-16-13(17)10-8-15-9-10/h2-5,10,15H,1,6-9H2,(H,16,17). The molecule has 0 aliphatic carbocycles. The zero-order chi connectivity index (χ0) is 12.8. The highest BCUT2D eigenvalue weighted by molar-refractivity contribution is 5.79. The summed E-state index contributed by atoms with van der Waals surface area (Å²) in [5, 5.41) is 5.91. The van der Waals surface area contributed by atoms with E-state index in [-0.39, 0.29) is 17.6 Å². The minimum Gasteiger partial charge on any atom is -0.494 e. The Morgan fingerprint density at radius 1 is 1.39 bits per heavy atom.